The molecular formula is C29H35BrN5O6P. The topological polar surface area (TPSA) is 146 Å². The Hall–Kier alpha value is -2.89. The molecule has 1 aromatic carbocycles. The zero-order chi connectivity index (χ0) is 30.4. The van der Waals surface area contributed by atoms with Crippen LogP contribution >= 0.6 is 23.5 Å². The number of fused-ring (bicyclic) bond motifs is 2. The molecule has 13 heteroatoms. The summed E-state index contributed by atoms with van der Waals surface area (Å²) in [5, 5.41) is 3.85. The van der Waals surface area contributed by atoms with Gasteiger partial charge in [0.25, 0.3) is 0 Å². The number of halogens is 1. The van der Waals surface area contributed by atoms with Gasteiger partial charge in [0.05, 0.1) is 24.0 Å². The second-order valence-corrected chi connectivity index (χ2v) is 13.7. The standard InChI is InChI=1S/C29H35BrN5O6P/c1-5-40-42(39,41-6-2)19-8-9-20-21(18(4)36)14-34(22(20)11-19)15-26(37)35-23(12-29(16-31)13-24(29)35)28(38)33-27-17(3)7-10-25(30)32-27/h7-11,14,23-24H,5-6,12-13,15-16,31H2,1-4H3,(H,32,33,38)/t23-,24+,29-/m0/s1. The Kier molecular flexibility index (Phi) is 8.48. The molecule has 3 aromatic rings. The minimum atomic E-state index is -3.62. The molecule has 42 heavy (non-hydrogen) atoms. The number of Topliss-reactive ketones (excluding diaryl/α,β-unsaturated/α-hetero) is 1. The van der Waals surface area contributed by atoms with Crippen molar-refractivity contribution < 1.29 is 28.0 Å². The van der Waals surface area contributed by atoms with Crippen molar-refractivity contribution in [2.75, 3.05) is 25.1 Å². The Morgan fingerprint density at radius 3 is 2.52 bits per heavy atom. The summed E-state index contributed by atoms with van der Waals surface area (Å²) in [6, 6.07) is 7.75. The van der Waals surface area contributed by atoms with Gasteiger partial charge in [-0.1, -0.05) is 12.1 Å². The minimum Gasteiger partial charge on any atom is -0.337 e. The first-order valence-electron chi connectivity index (χ1n) is 14.0. The molecule has 2 aromatic heterocycles. The second kappa shape index (κ2) is 11.7. The first-order chi connectivity index (χ1) is 20.0. The molecule has 0 spiro atoms. The molecule has 1 aliphatic carbocycles. The van der Waals surface area contributed by atoms with Crippen molar-refractivity contribution in [1.29, 1.82) is 0 Å². The van der Waals surface area contributed by atoms with Gasteiger partial charge in [-0.3, -0.25) is 18.9 Å². The number of nitrogens with two attached hydrogens (primary N) is 1. The maximum absolute atomic E-state index is 14.0. The molecule has 3 heterocycles. The van der Waals surface area contributed by atoms with E-state index in [1.165, 1.54) is 6.92 Å². The van der Waals surface area contributed by atoms with Gasteiger partial charge in [-0.05, 0) is 80.2 Å². The highest BCUT2D eigenvalue weighted by Crippen LogP contribution is 2.59. The summed E-state index contributed by atoms with van der Waals surface area (Å²) in [5.74, 6) is -0.346. The molecule has 5 rings (SSSR count). The first kappa shape index (κ1) is 30.6. The number of amides is 2. The van der Waals surface area contributed by atoms with E-state index in [0.717, 1.165) is 12.0 Å². The molecule has 1 saturated heterocycles. The van der Waals surface area contributed by atoms with Gasteiger partial charge >= 0.3 is 7.60 Å². The van der Waals surface area contributed by atoms with Gasteiger partial charge in [-0.25, -0.2) is 4.98 Å². The molecule has 2 aliphatic rings. The number of likely N-dealkylation sites (tertiary alicyclic amines) is 1. The number of aryl methyl sites for hydroxylation is 1. The molecule has 11 nitrogen and oxygen atoms in total. The molecule has 0 radical (unpaired) electrons. The SMILES string of the molecule is CCOP(=O)(OCC)c1ccc2c(C(C)=O)cn(CC(=O)N3[C@H](C(=O)Nc4nc(Br)ccc4C)C[C@@]4(CN)C[C@@H]34)c2c1. The van der Waals surface area contributed by atoms with Crippen LogP contribution in [0.5, 0.6) is 0 Å². The number of nitrogens with one attached hydrogen (secondary N) is 1. The Morgan fingerprint density at radius 1 is 1.17 bits per heavy atom. The lowest BCUT2D eigenvalue weighted by atomic mass is 9.99. The van der Waals surface area contributed by atoms with E-state index in [4.69, 9.17) is 14.8 Å². The van der Waals surface area contributed by atoms with Gasteiger partial charge in [-0.2, -0.15) is 0 Å². The van der Waals surface area contributed by atoms with E-state index in [-0.39, 0.29) is 48.8 Å². The third kappa shape index (κ3) is 5.46. The lowest BCUT2D eigenvalue weighted by molar-refractivity contribution is -0.138. The molecule has 224 valence electrons. The maximum atomic E-state index is 14.0. The van der Waals surface area contributed by atoms with Crippen molar-refractivity contribution in [3.05, 3.63) is 52.3 Å². The highest BCUT2D eigenvalue weighted by molar-refractivity contribution is 9.10. The van der Waals surface area contributed by atoms with Crippen molar-refractivity contribution >= 4 is 63.1 Å². The number of pyridine rings is 1. The fourth-order valence-corrected chi connectivity index (χ4v) is 7.86. The number of anilines is 1. The van der Waals surface area contributed by atoms with Crippen LogP contribution < -0.4 is 16.4 Å². The number of aromatic nitrogens is 2. The number of hydrogen-bond donors (Lipinski definition) is 2. The zero-order valence-electron chi connectivity index (χ0n) is 24.1. The van der Waals surface area contributed by atoms with Crippen LogP contribution in [0.3, 0.4) is 0 Å². The smallest absolute Gasteiger partial charge is 0.337 e. The van der Waals surface area contributed by atoms with Gasteiger partial charge < -0.3 is 29.6 Å². The average Bonchev–Trinajstić information content (AvgIpc) is 3.38. The number of benzene rings is 1. The number of carbonyl (C=O) groups excluding carboxylic acids is 3. The minimum absolute atomic E-state index is 0.129. The molecule has 3 atom stereocenters. The predicted octanol–water partition coefficient (Wildman–Crippen LogP) is 4.16. The fourth-order valence-electron chi connectivity index (χ4n) is 5.96. The van der Waals surface area contributed by atoms with Crippen LogP contribution in [0.2, 0.25) is 0 Å². The molecule has 0 unspecified atom stereocenters. The molecule has 3 N–H and O–H groups in total. The highest BCUT2D eigenvalue weighted by Gasteiger charge is 2.66. The first-order valence-corrected chi connectivity index (χ1v) is 16.3. The molecule has 1 aliphatic heterocycles. The van der Waals surface area contributed by atoms with Crippen molar-refractivity contribution in [3.63, 3.8) is 0 Å². The monoisotopic (exact) mass is 659 g/mol. The van der Waals surface area contributed by atoms with Crippen molar-refractivity contribution in [2.24, 2.45) is 11.1 Å². The Balaban J connectivity index is 1.48. The zero-order valence-corrected chi connectivity index (χ0v) is 26.5. The summed E-state index contributed by atoms with van der Waals surface area (Å²) in [6.45, 7) is 7.38. The van der Waals surface area contributed by atoms with E-state index in [1.807, 2.05) is 13.0 Å². The fraction of sp³-hybridized carbons (Fsp3) is 0.448. The van der Waals surface area contributed by atoms with E-state index in [9.17, 15) is 18.9 Å². The van der Waals surface area contributed by atoms with Crippen LogP contribution in [0.15, 0.2) is 41.1 Å². The summed E-state index contributed by atoms with van der Waals surface area (Å²) in [6.07, 6.45) is 2.82. The van der Waals surface area contributed by atoms with Gasteiger partial charge in [0.2, 0.25) is 11.8 Å². The lowest BCUT2D eigenvalue weighted by Gasteiger charge is -2.27. The lowest BCUT2D eigenvalue weighted by Crippen LogP contribution is -2.46. The molecule has 1 saturated carbocycles. The van der Waals surface area contributed by atoms with Crippen LogP contribution in [0.4, 0.5) is 5.82 Å². The normalized spacial score (nSPS) is 21.4. The summed E-state index contributed by atoms with van der Waals surface area (Å²) in [5.41, 5.74) is 7.59. The number of carbonyl (C=O) groups is 3. The number of nitrogens with zero attached hydrogens (tertiary/aromatic N) is 3. The van der Waals surface area contributed by atoms with Crippen molar-refractivity contribution in [2.45, 2.75) is 59.2 Å². The van der Waals surface area contributed by atoms with Crippen LogP contribution in [0.1, 0.15) is 49.5 Å². The van der Waals surface area contributed by atoms with E-state index < -0.39 is 13.6 Å². The molecular weight excluding hydrogens is 625 g/mol. The number of rotatable bonds is 11. The van der Waals surface area contributed by atoms with Crippen LogP contribution in [0.25, 0.3) is 10.9 Å². The maximum Gasteiger partial charge on any atom is 0.361 e. The van der Waals surface area contributed by atoms with Crippen LogP contribution in [-0.2, 0) is 29.7 Å². The molecule has 2 fully saturated rings. The second-order valence-electron chi connectivity index (χ2n) is 10.9. The molecule has 2 amide bonds. The summed E-state index contributed by atoms with van der Waals surface area (Å²) >= 11 is 3.34. The van der Waals surface area contributed by atoms with E-state index in [1.54, 1.807) is 53.8 Å². The average molecular weight is 661 g/mol. The van der Waals surface area contributed by atoms with Gasteiger partial charge in [-0.15, -0.1) is 0 Å². The van der Waals surface area contributed by atoms with Gasteiger partial charge in [0.15, 0.2) is 5.78 Å². The van der Waals surface area contributed by atoms with Gasteiger partial charge in [0.1, 0.15) is 23.0 Å². The molecule has 0 bridgehead atoms. The van der Waals surface area contributed by atoms with Crippen molar-refractivity contribution in [1.82, 2.24) is 14.5 Å². The summed E-state index contributed by atoms with van der Waals surface area (Å²) in [4.78, 5) is 46.1. The third-order valence-electron chi connectivity index (χ3n) is 8.18. The van der Waals surface area contributed by atoms with Crippen molar-refractivity contribution in [3.8, 4) is 0 Å². The Labute approximate surface area is 252 Å². The van der Waals surface area contributed by atoms with Crippen LogP contribution in [-0.4, -0.2) is 63.9 Å². The van der Waals surface area contributed by atoms with E-state index in [2.05, 4.69) is 26.2 Å². The Morgan fingerprint density at radius 2 is 1.88 bits per heavy atom. The highest BCUT2D eigenvalue weighted by atomic mass is 79.9. The summed E-state index contributed by atoms with van der Waals surface area (Å²) < 4.78 is 26.8. The van der Waals surface area contributed by atoms with E-state index >= 15 is 0 Å². The largest absolute Gasteiger partial charge is 0.361 e. The van der Waals surface area contributed by atoms with Crippen LogP contribution in [0, 0.1) is 12.3 Å². The predicted molar refractivity (Wildman–Crippen MR) is 163 cm³/mol. The summed E-state index contributed by atoms with van der Waals surface area (Å²) in [7, 11) is -3.62. The van der Waals surface area contributed by atoms with E-state index in [0.29, 0.717) is 45.2 Å². The Bertz CT molecular complexity index is 1620. The van der Waals surface area contributed by atoms with Gasteiger partial charge in [0, 0.05) is 35.1 Å². The quantitative estimate of drug-likeness (QED) is 0.177. The number of hydrogen-bond acceptors (Lipinski definition) is 8. The third-order valence-corrected chi connectivity index (χ3v) is 10.7. The number of piperidine rings is 1. The number of ketones is 1.